The van der Waals surface area contributed by atoms with Crippen LogP contribution in [0.2, 0.25) is 0 Å². The summed E-state index contributed by atoms with van der Waals surface area (Å²) in [6, 6.07) is 0. The maximum Gasteiger partial charge on any atom is 0.303 e. The highest BCUT2D eigenvalue weighted by molar-refractivity contribution is 6.05. The molecule has 0 heterocycles. The molecule has 4 fully saturated rings. The van der Waals surface area contributed by atoms with E-state index in [2.05, 4.69) is 6.92 Å². The molecule has 4 saturated carbocycles. The standard InChI is InChI=1S/C36H56O8.C20H28O6/c1-7-8-9-10-11-12-13-14-15-16-17-18-29(39)35(43)24(3)34(42)27(30-32(5,6)36(30,35)44-25(4)38)20-26(22-37)21-33(41)28(34)19-23(2)31(33)40;1-9-5-13-18(24,15(9)22)7-11(8-21)6-12-14-17(3,4)20(14,26)16(23)10(2)19(12,13)25/h19-20,24,27-28,30,37,41-43H,7-18,21-22H2,1-6H3;5-6,10,12-14,16,21,23-26H,7-8H2,1-4H3/t24-,27-,28+,30-,33+,34+,35-,36-;10-,12+,13-,14-,16-,18-,19-,20-/m01/s1. The molecule has 8 rings (SSSR count). The quantitative estimate of drug-likeness (QED) is 0.0556. The van der Waals surface area contributed by atoms with Gasteiger partial charge in [0.25, 0.3) is 0 Å². The van der Waals surface area contributed by atoms with Gasteiger partial charge in [0.2, 0.25) is 0 Å². The van der Waals surface area contributed by atoms with Crippen molar-refractivity contribution < 1.29 is 69.9 Å². The first-order valence-corrected chi connectivity index (χ1v) is 26.3. The van der Waals surface area contributed by atoms with E-state index in [0.717, 1.165) is 19.3 Å². The number of ketones is 3. The van der Waals surface area contributed by atoms with Crippen LogP contribution in [-0.2, 0) is 23.9 Å². The number of carbonyl (C=O) groups is 4. The van der Waals surface area contributed by atoms with E-state index in [0.29, 0.717) is 28.7 Å². The van der Waals surface area contributed by atoms with Crippen LogP contribution in [0, 0.1) is 58.2 Å². The lowest BCUT2D eigenvalue weighted by molar-refractivity contribution is -0.251. The molecule has 392 valence electrons. The molecule has 14 nitrogen and oxygen atoms in total. The van der Waals surface area contributed by atoms with Gasteiger partial charge in [-0.1, -0.05) is 137 Å². The van der Waals surface area contributed by atoms with E-state index in [1.165, 1.54) is 51.9 Å². The second-order valence-electron chi connectivity index (χ2n) is 24.3. The minimum atomic E-state index is -2.26. The summed E-state index contributed by atoms with van der Waals surface area (Å²) >= 11 is 0. The van der Waals surface area contributed by atoms with E-state index in [4.69, 9.17) is 4.74 Å². The van der Waals surface area contributed by atoms with Crippen LogP contribution in [0.5, 0.6) is 0 Å². The predicted molar refractivity (Wildman–Crippen MR) is 260 cm³/mol. The Morgan fingerprint density at radius 2 is 1.07 bits per heavy atom. The zero-order valence-corrected chi connectivity index (χ0v) is 43.4. The van der Waals surface area contributed by atoms with Gasteiger partial charge in [0.15, 0.2) is 28.6 Å². The van der Waals surface area contributed by atoms with Crippen molar-refractivity contribution in [3.05, 3.63) is 46.6 Å². The normalized spacial score (nSPS) is 44.5. The van der Waals surface area contributed by atoms with Gasteiger partial charge < -0.3 is 50.7 Å². The fraction of sp³-hybridized carbons (Fsp3) is 0.786. The summed E-state index contributed by atoms with van der Waals surface area (Å²) < 4.78 is 6.01. The van der Waals surface area contributed by atoms with Crippen LogP contribution in [0.1, 0.15) is 159 Å². The minimum absolute atomic E-state index is 0.0604. The van der Waals surface area contributed by atoms with Gasteiger partial charge in [-0.2, -0.15) is 0 Å². The fourth-order valence-electron chi connectivity index (χ4n) is 16.1. The third-order valence-corrected chi connectivity index (χ3v) is 19.9. The fourth-order valence-corrected chi connectivity index (χ4v) is 16.1. The van der Waals surface area contributed by atoms with Crippen LogP contribution in [0.25, 0.3) is 0 Å². The SMILES string of the molecule is CC1=C[C@H]2[C@@]3(O)[C@H](C)[C@@H](O)[C@]4(O)[C@H]([C@@H]3C=C(CO)C[C@]2(O)C1=O)C4(C)C.CCCCCCCCCCCCCC(=O)[C@@]1(O)[C@@H](C)[C@@]2(O)[C@@H](C=C(CO)C[C@]3(O)C(=O)C(C)=C[C@@H]23)[C@H]2C(C)(C)[C@@]21OC(C)=O. The molecule has 16 atom stereocenters. The number of rotatable bonds is 16. The van der Waals surface area contributed by atoms with Gasteiger partial charge in [-0.3, -0.25) is 19.2 Å². The Labute approximate surface area is 414 Å². The summed E-state index contributed by atoms with van der Waals surface area (Å²) in [5.74, 6) is -8.64. The largest absolute Gasteiger partial charge is 0.455 e. The molecule has 0 saturated heterocycles. The molecular weight excluding hydrogens is 897 g/mol. The lowest BCUT2D eigenvalue weighted by atomic mass is 9.53. The Kier molecular flexibility index (Phi) is 14.5. The molecule has 0 aromatic carbocycles. The summed E-state index contributed by atoms with van der Waals surface area (Å²) in [5, 5.41) is 103. The first kappa shape index (κ1) is 54.8. The van der Waals surface area contributed by atoms with E-state index in [9.17, 15) is 65.1 Å². The smallest absolute Gasteiger partial charge is 0.303 e. The monoisotopic (exact) mass is 981 g/mol. The van der Waals surface area contributed by atoms with Gasteiger partial charge in [-0.25, -0.2) is 0 Å². The number of hydrogen-bond donors (Lipinski definition) is 9. The predicted octanol–water partition coefficient (Wildman–Crippen LogP) is 5.07. The Morgan fingerprint density at radius 1 is 0.643 bits per heavy atom. The van der Waals surface area contributed by atoms with Gasteiger partial charge in [-0.15, -0.1) is 0 Å². The van der Waals surface area contributed by atoms with Gasteiger partial charge in [0.1, 0.15) is 16.8 Å². The second-order valence-corrected chi connectivity index (χ2v) is 24.3. The molecule has 0 aliphatic heterocycles. The molecule has 0 bridgehead atoms. The molecule has 0 radical (unpaired) electrons. The molecule has 14 heteroatoms. The van der Waals surface area contributed by atoms with E-state index in [1.54, 1.807) is 52.0 Å². The number of Topliss-reactive ketones (excluding diaryl/α,β-unsaturated/α-hetero) is 3. The van der Waals surface area contributed by atoms with Crippen LogP contribution >= 0.6 is 0 Å². The highest BCUT2D eigenvalue weighted by atomic mass is 16.6. The van der Waals surface area contributed by atoms with Gasteiger partial charge in [0, 0.05) is 84.4 Å². The van der Waals surface area contributed by atoms with Crippen molar-refractivity contribution >= 4 is 23.3 Å². The number of unbranched alkanes of at least 4 members (excludes halogenated alkanes) is 10. The Hall–Kier alpha value is -2.92. The van der Waals surface area contributed by atoms with Crippen LogP contribution < -0.4 is 0 Å². The molecular formula is C56H84O14. The maximum absolute atomic E-state index is 14.3. The minimum Gasteiger partial charge on any atom is -0.455 e. The molecule has 0 amide bonds. The molecule has 0 aromatic heterocycles. The van der Waals surface area contributed by atoms with Gasteiger partial charge in [0.05, 0.1) is 30.5 Å². The third kappa shape index (κ3) is 7.40. The molecule has 8 aliphatic carbocycles. The topological polar surface area (TPSA) is 260 Å². The highest BCUT2D eigenvalue weighted by Crippen LogP contribution is 2.80. The Balaban J connectivity index is 0.000000234. The van der Waals surface area contributed by atoms with Crippen molar-refractivity contribution in [1.29, 1.82) is 0 Å². The number of esters is 1. The van der Waals surface area contributed by atoms with Crippen LogP contribution in [-0.4, -0.2) is 128 Å². The highest BCUT2D eigenvalue weighted by Gasteiger charge is 2.92. The summed E-state index contributed by atoms with van der Waals surface area (Å²) in [4.78, 5) is 52.9. The van der Waals surface area contributed by atoms with Gasteiger partial charge >= 0.3 is 5.97 Å². The number of hydrogen-bond acceptors (Lipinski definition) is 14. The van der Waals surface area contributed by atoms with E-state index >= 15 is 0 Å². The molecule has 9 N–H and O–H groups in total. The first-order valence-electron chi connectivity index (χ1n) is 26.3. The zero-order chi connectivity index (χ0) is 52.2. The second kappa shape index (κ2) is 18.5. The number of aliphatic hydroxyl groups excluding tert-OH is 3. The molecule has 0 unspecified atom stereocenters. The van der Waals surface area contributed by atoms with Crippen molar-refractivity contribution in [2.24, 2.45) is 58.2 Å². The molecule has 70 heavy (non-hydrogen) atoms. The van der Waals surface area contributed by atoms with Crippen LogP contribution in [0.3, 0.4) is 0 Å². The number of aliphatic hydroxyl groups is 9. The van der Waals surface area contributed by atoms with Crippen molar-refractivity contribution in [2.75, 3.05) is 13.2 Å². The number of carbonyl (C=O) groups excluding carboxylic acids is 4. The summed E-state index contributed by atoms with van der Waals surface area (Å²) in [5.41, 5.74) is -12.7. The number of ether oxygens (including phenoxy) is 1. The van der Waals surface area contributed by atoms with E-state index < -0.39 is 133 Å². The van der Waals surface area contributed by atoms with Crippen molar-refractivity contribution in [3.63, 3.8) is 0 Å². The van der Waals surface area contributed by atoms with E-state index in [-0.39, 0.29) is 25.9 Å². The Morgan fingerprint density at radius 3 is 1.51 bits per heavy atom. The zero-order valence-electron chi connectivity index (χ0n) is 43.4. The summed E-state index contributed by atoms with van der Waals surface area (Å²) in [6.07, 6.45) is 17.5. The third-order valence-electron chi connectivity index (χ3n) is 19.9. The average Bonchev–Trinajstić information content (AvgIpc) is 3.93. The van der Waals surface area contributed by atoms with Crippen LogP contribution in [0.4, 0.5) is 0 Å². The van der Waals surface area contributed by atoms with Crippen molar-refractivity contribution in [2.45, 2.75) is 204 Å². The van der Waals surface area contributed by atoms with Crippen LogP contribution in [0.15, 0.2) is 46.6 Å². The molecule has 0 aromatic rings. The average molecular weight is 981 g/mol. The lowest BCUT2D eigenvalue weighted by Gasteiger charge is -2.56. The van der Waals surface area contributed by atoms with Gasteiger partial charge in [-0.05, 0) is 42.6 Å². The lowest BCUT2D eigenvalue weighted by Crippen LogP contribution is -2.73. The van der Waals surface area contributed by atoms with Crippen molar-refractivity contribution in [1.82, 2.24) is 0 Å². The maximum atomic E-state index is 14.3. The Bertz CT molecular complexity index is 2240. The first-order chi connectivity index (χ1) is 32.5. The number of fused-ring (bicyclic) bond motifs is 10. The van der Waals surface area contributed by atoms with Crippen molar-refractivity contribution in [3.8, 4) is 0 Å². The van der Waals surface area contributed by atoms with E-state index in [1.807, 2.05) is 27.7 Å². The summed E-state index contributed by atoms with van der Waals surface area (Å²) in [7, 11) is 0. The summed E-state index contributed by atoms with van der Waals surface area (Å²) in [6.45, 7) is 16.5. The molecule has 8 aliphatic rings. The molecule has 0 spiro atoms.